The van der Waals surface area contributed by atoms with Crippen LogP contribution >= 0.6 is 0 Å². The molecule has 1 rings (SSSR count). The summed E-state index contributed by atoms with van der Waals surface area (Å²) in [5, 5.41) is 9.73. The second kappa shape index (κ2) is 5.55. The first kappa shape index (κ1) is 10.0. The van der Waals surface area contributed by atoms with Crippen LogP contribution in [0.4, 0.5) is 0 Å². The molecule has 1 unspecified atom stereocenters. The molecule has 0 aliphatic carbocycles. The van der Waals surface area contributed by atoms with Crippen LogP contribution in [0.5, 0.6) is 0 Å². The van der Waals surface area contributed by atoms with E-state index in [-0.39, 0.29) is 6.23 Å². The van der Waals surface area contributed by atoms with Crippen molar-refractivity contribution in [1.29, 1.82) is 0 Å². The Kier molecular flexibility index (Phi) is 4.62. The zero-order valence-electron chi connectivity index (χ0n) is 8.13. The van der Waals surface area contributed by atoms with Crippen molar-refractivity contribution in [3.63, 3.8) is 0 Å². The number of aliphatic hydroxyl groups is 1. The molecule has 1 saturated heterocycles. The minimum absolute atomic E-state index is 0.162. The van der Waals surface area contributed by atoms with E-state index in [1.807, 2.05) is 0 Å². The molecule has 72 valence electrons. The van der Waals surface area contributed by atoms with Crippen LogP contribution < -0.4 is 0 Å². The van der Waals surface area contributed by atoms with Crippen LogP contribution in [0, 0.1) is 0 Å². The summed E-state index contributed by atoms with van der Waals surface area (Å²) < 4.78 is 0. The predicted octanol–water partition coefficient (Wildman–Crippen LogP) is 1.98. The zero-order valence-corrected chi connectivity index (χ0v) is 8.13. The largest absolute Gasteiger partial charge is 0.378 e. The van der Waals surface area contributed by atoms with E-state index in [4.69, 9.17) is 0 Å². The van der Waals surface area contributed by atoms with Crippen molar-refractivity contribution in [2.45, 2.75) is 51.7 Å². The molecule has 0 bridgehead atoms. The third kappa shape index (κ3) is 3.11. The minimum atomic E-state index is -0.162. The molecular weight excluding hydrogens is 150 g/mol. The maximum absolute atomic E-state index is 9.73. The molecule has 1 N–H and O–H groups in total. The highest BCUT2D eigenvalue weighted by Gasteiger charge is 2.16. The van der Waals surface area contributed by atoms with Gasteiger partial charge < -0.3 is 5.11 Å². The normalized spacial score (nSPS) is 22.5. The van der Waals surface area contributed by atoms with Crippen molar-refractivity contribution in [2.24, 2.45) is 0 Å². The van der Waals surface area contributed by atoms with E-state index in [1.54, 1.807) is 0 Å². The Morgan fingerprint density at radius 3 is 2.50 bits per heavy atom. The van der Waals surface area contributed by atoms with Gasteiger partial charge in [-0.2, -0.15) is 0 Å². The van der Waals surface area contributed by atoms with Gasteiger partial charge in [0.15, 0.2) is 0 Å². The topological polar surface area (TPSA) is 23.5 Å². The van der Waals surface area contributed by atoms with Gasteiger partial charge in [-0.3, -0.25) is 4.90 Å². The highest BCUT2D eigenvalue weighted by Crippen LogP contribution is 2.13. The number of hydrogen-bond donors (Lipinski definition) is 1. The van der Waals surface area contributed by atoms with E-state index in [0.29, 0.717) is 0 Å². The molecule has 12 heavy (non-hydrogen) atoms. The van der Waals surface area contributed by atoms with Crippen LogP contribution in [-0.4, -0.2) is 29.3 Å². The Morgan fingerprint density at radius 1 is 1.25 bits per heavy atom. The number of likely N-dealkylation sites (tertiary alicyclic amines) is 1. The second-order valence-corrected chi connectivity index (χ2v) is 3.72. The lowest BCUT2D eigenvalue weighted by Crippen LogP contribution is -2.38. The molecule has 0 amide bonds. The number of nitrogens with zero attached hydrogens (tertiary/aromatic N) is 1. The predicted molar refractivity (Wildman–Crippen MR) is 51.0 cm³/mol. The van der Waals surface area contributed by atoms with Gasteiger partial charge in [-0.15, -0.1) is 0 Å². The minimum Gasteiger partial charge on any atom is -0.378 e. The monoisotopic (exact) mass is 171 g/mol. The fraction of sp³-hybridized carbons (Fsp3) is 1.00. The summed E-state index contributed by atoms with van der Waals surface area (Å²) in [6.45, 7) is 4.37. The fourth-order valence-corrected chi connectivity index (χ4v) is 1.79. The number of hydrogen-bond acceptors (Lipinski definition) is 2. The Bertz CT molecular complexity index is 110. The van der Waals surface area contributed by atoms with Gasteiger partial charge in [0.25, 0.3) is 0 Å². The molecule has 2 heteroatoms. The lowest BCUT2D eigenvalue weighted by atomic mass is 10.1. The van der Waals surface area contributed by atoms with Gasteiger partial charge in [0.1, 0.15) is 6.23 Å². The maximum atomic E-state index is 9.73. The summed E-state index contributed by atoms with van der Waals surface area (Å²) in [7, 11) is 0. The van der Waals surface area contributed by atoms with Crippen molar-refractivity contribution >= 4 is 0 Å². The average molecular weight is 171 g/mol. The van der Waals surface area contributed by atoms with Crippen LogP contribution in [0.2, 0.25) is 0 Å². The first-order valence-electron chi connectivity index (χ1n) is 5.26. The molecule has 0 aromatic carbocycles. The molecule has 0 aromatic heterocycles. The Balaban J connectivity index is 2.15. The summed E-state index contributed by atoms with van der Waals surface area (Å²) in [5.74, 6) is 0. The van der Waals surface area contributed by atoms with Gasteiger partial charge in [0.2, 0.25) is 0 Å². The molecule has 1 heterocycles. The van der Waals surface area contributed by atoms with Crippen LogP contribution in [0.1, 0.15) is 45.4 Å². The lowest BCUT2D eigenvalue weighted by molar-refractivity contribution is -0.0145. The van der Waals surface area contributed by atoms with Crippen molar-refractivity contribution in [3.05, 3.63) is 0 Å². The summed E-state index contributed by atoms with van der Waals surface area (Å²) in [5.41, 5.74) is 0. The lowest BCUT2D eigenvalue weighted by Gasteiger charge is -2.31. The summed E-state index contributed by atoms with van der Waals surface area (Å²) in [6, 6.07) is 0. The van der Waals surface area contributed by atoms with Gasteiger partial charge in [-0.1, -0.05) is 19.8 Å². The van der Waals surface area contributed by atoms with Gasteiger partial charge in [0, 0.05) is 13.1 Å². The second-order valence-electron chi connectivity index (χ2n) is 3.72. The highest BCUT2D eigenvalue weighted by atomic mass is 16.3. The summed E-state index contributed by atoms with van der Waals surface area (Å²) in [4.78, 5) is 2.22. The molecule has 0 spiro atoms. The molecule has 0 radical (unpaired) electrons. The van der Waals surface area contributed by atoms with E-state index in [1.165, 1.54) is 25.7 Å². The first-order chi connectivity index (χ1) is 5.84. The average Bonchev–Trinajstić information content (AvgIpc) is 2.15. The third-order valence-electron chi connectivity index (χ3n) is 2.63. The SMILES string of the molecule is CCCCC(O)N1CCCCC1. The molecule has 1 fully saturated rings. The quantitative estimate of drug-likeness (QED) is 0.699. The molecule has 0 aromatic rings. The van der Waals surface area contributed by atoms with Gasteiger partial charge in [0.05, 0.1) is 0 Å². The van der Waals surface area contributed by atoms with E-state index in [0.717, 1.165) is 25.9 Å². The molecule has 1 atom stereocenters. The number of unbranched alkanes of at least 4 members (excludes halogenated alkanes) is 1. The zero-order chi connectivity index (χ0) is 8.81. The molecular formula is C10H21NO. The van der Waals surface area contributed by atoms with Gasteiger partial charge >= 0.3 is 0 Å². The van der Waals surface area contributed by atoms with Gasteiger partial charge in [-0.05, 0) is 25.7 Å². The fourth-order valence-electron chi connectivity index (χ4n) is 1.79. The van der Waals surface area contributed by atoms with Crippen molar-refractivity contribution in [3.8, 4) is 0 Å². The van der Waals surface area contributed by atoms with Crippen molar-refractivity contribution < 1.29 is 5.11 Å². The van der Waals surface area contributed by atoms with Crippen LogP contribution in [0.15, 0.2) is 0 Å². The number of aliphatic hydroxyl groups excluding tert-OH is 1. The highest BCUT2D eigenvalue weighted by molar-refractivity contribution is 4.67. The van der Waals surface area contributed by atoms with Crippen LogP contribution in [0.3, 0.4) is 0 Å². The molecule has 0 saturated carbocycles. The summed E-state index contributed by atoms with van der Waals surface area (Å²) >= 11 is 0. The number of rotatable bonds is 4. The van der Waals surface area contributed by atoms with E-state index in [2.05, 4.69) is 11.8 Å². The first-order valence-corrected chi connectivity index (χ1v) is 5.26. The maximum Gasteiger partial charge on any atom is 0.107 e. The smallest absolute Gasteiger partial charge is 0.107 e. The molecule has 2 nitrogen and oxygen atoms in total. The van der Waals surface area contributed by atoms with Crippen molar-refractivity contribution in [1.82, 2.24) is 4.90 Å². The van der Waals surface area contributed by atoms with Crippen LogP contribution in [-0.2, 0) is 0 Å². The van der Waals surface area contributed by atoms with Gasteiger partial charge in [-0.25, -0.2) is 0 Å². The Labute approximate surface area is 75.6 Å². The van der Waals surface area contributed by atoms with E-state index < -0.39 is 0 Å². The molecule has 1 aliphatic heterocycles. The Hall–Kier alpha value is -0.0800. The van der Waals surface area contributed by atoms with Crippen molar-refractivity contribution in [2.75, 3.05) is 13.1 Å². The van der Waals surface area contributed by atoms with Crippen LogP contribution in [0.25, 0.3) is 0 Å². The number of piperidine rings is 1. The molecule has 1 aliphatic rings. The standard InChI is InChI=1S/C10H21NO/c1-2-3-7-10(12)11-8-5-4-6-9-11/h10,12H,2-9H2,1H3. The third-order valence-corrected chi connectivity index (χ3v) is 2.63. The summed E-state index contributed by atoms with van der Waals surface area (Å²) in [6.07, 6.45) is 7.01. The van der Waals surface area contributed by atoms with E-state index >= 15 is 0 Å². The van der Waals surface area contributed by atoms with E-state index in [9.17, 15) is 5.11 Å². The Morgan fingerprint density at radius 2 is 1.92 bits per heavy atom.